The minimum Gasteiger partial charge on any atom is -0.368 e. The number of carbonyl (C=O) groups excluding carboxylic acids is 4. The number of hydrogen-bond acceptors (Lipinski definition) is 6. The SMILES string of the molecule is CC(=O)Nc1ccc2c(c1)CC1(C(=O)NC(=O)NC1=O)C1CN(c3ccccc3)CCN21. The summed E-state index contributed by atoms with van der Waals surface area (Å²) in [6.45, 7) is 3.19. The van der Waals surface area contributed by atoms with E-state index in [9.17, 15) is 19.2 Å². The van der Waals surface area contributed by atoms with Crippen molar-refractivity contribution >= 4 is 40.8 Å². The molecule has 5 amide bonds. The van der Waals surface area contributed by atoms with Crippen molar-refractivity contribution in [2.45, 2.75) is 19.4 Å². The standard InChI is InChI=1S/C23H23N5O4/c1-14(29)24-16-7-8-18-15(11-16)12-23(20(30)25-22(32)26-21(23)31)19-13-27(9-10-28(18)19)17-5-3-2-4-6-17/h2-8,11,19H,9-10,12-13H2,1H3,(H,24,29)(H2,25,26,30,31,32). The molecule has 9 heteroatoms. The number of piperazine rings is 1. The maximum Gasteiger partial charge on any atom is 0.328 e. The van der Waals surface area contributed by atoms with Gasteiger partial charge in [-0.15, -0.1) is 0 Å². The smallest absolute Gasteiger partial charge is 0.328 e. The zero-order valence-corrected chi connectivity index (χ0v) is 17.6. The van der Waals surface area contributed by atoms with Gasteiger partial charge in [-0.05, 0) is 42.3 Å². The van der Waals surface area contributed by atoms with E-state index >= 15 is 0 Å². The average Bonchev–Trinajstić information content (AvgIpc) is 2.77. The van der Waals surface area contributed by atoms with Gasteiger partial charge in [-0.25, -0.2) is 4.79 Å². The fourth-order valence-corrected chi connectivity index (χ4v) is 5.10. The second kappa shape index (κ2) is 7.37. The lowest BCUT2D eigenvalue weighted by atomic mass is 9.68. The van der Waals surface area contributed by atoms with Gasteiger partial charge >= 0.3 is 6.03 Å². The van der Waals surface area contributed by atoms with Crippen LogP contribution in [-0.2, 0) is 20.8 Å². The molecule has 3 aliphatic rings. The number of nitrogens with zero attached hydrogens (tertiary/aromatic N) is 2. The summed E-state index contributed by atoms with van der Waals surface area (Å²) in [6, 6.07) is 14.1. The molecular weight excluding hydrogens is 410 g/mol. The van der Waals surface area contributed by atoms with Crippen LogP contribution in [0.1, 0.15) is 12.5 Å². The van der Waals surface area contributed by atoms with E-state index in [2.05, 4.69) is 25.8 Å². The van der Waals surface area contributed by atoms with Crippen LogP contribution in [0.2, 0.25) is 0 Å². The molecule has 3 heterocycles. The van der Waals surface area contributed by atoms with Crippen molar-refractivity contribution in [1.29, 1.82) is 0 Å². The highest BCUT2D eigenvalue weighted by Crippen LogP contribution is 2.45. The van der Waals surface area contributed by atoms with Crippen molar-refractivity contribution in [1.82, 2.24) is 10.6 Å². The second-order valence-electron chi connectivity index (χ2n) is 8.40. The van der Waals surface area contributed by atoms with Crippen molar-refractivity contribution in [3.05, 3.63) is 54.1 Å². The molecule has 164 valence electrons. The molecule has 2 aromatic rings. The Morgan fingerprint density at radius 2 is 1.75 bits per heavy atom. The predicted molar refractivity (Wildman–Crippen MR) is 118 cm³/mol. The molecule has 0 bridgehead atoms. The van der Waals surface area contributed by atoms with Gasteiger partial charge in [0.25, 0.3) is 0 Å². The zero-order chi connectivity index (χ0) is 22.5. The van der Waals surface area contributed by atoms with E-state index in [0.717, 1.165) is 16.9 Å². The minimum absolute atomic E-state index is 0.129. The first-order chi connectivity index (χ1) is 15.4. The van der Waals surface area contributed by atoms with Crippen molar-refractivity contribution < 1.29 is 19.2 Å². The van der Waals surface area contributed by atoms with E-state index in [0.29, 0.717) is 25.3 Å². The van der Waals surface area contributed by atoms with Crippen LogP contribution in [0, 0.1) is 5.41 Å². The Labute approximate surface area is 184 Å². The number of imide groups is 2. The molecule has 3 aliphatic heterocycles. The number of nitrogens with one attached hydrogen (secondary N) is 3. The van der Waals surface area contributed by atoms with E-state index in [4.69, 9.17) is 0 Å². The van der Waals surface area contributed by atoms with Gasteiger partial charge in [0, 0.05) is 43.6 Å². The van der Waals surface area contributed by atoms with E-state index < -0.39 is 29.3 Å². The van der Waals surface area contributed by atoms with Crippen LogP contribution >= 0.6 is 0 Å². The third-order valence-electron chi connectivity index (χ3n) is 6.51. The van der Waals surface area contributed by atoms with Crippen molar-refractivity contribution in [2.24, 2.45) is 5.41 Å². The lowest BCUT2D eigenvalue weighted by Gasteiger charge is -2.54. The van der Waals surface area contributed by atoms with Gasteiger partial charge in [0.2, 0.25) is 17.7 Å². The number of barbiturate groups is 1. The first-order valence-corrected chi connectivity index (χ1v) is 10.5. The minimum atomic E-state index is -1.47. The Bertz CT molecular complexity index is 1110. The Morgan fingerprint density at radius 1 is 1.03 bits per heavy atom. The van der Waals surface area contributed by atoms with Crippen LogP contribution in [0.3, 0.4) is 0 Å². The molecule has 5 rings (SSSR count). The van der Waals surface area contributed by atoms with Crippen molar-refractivity contribution in [2.75, 3.05) is 34.8 Å². The number of urea groups is 1. The van der Waals surface area contributed by atoms with Crippen LogP contribution in [0.25, 0.3) is 0 Å². The largest absolute Gasteiger partial charge is 0.368 e. The molecule has 0 aromatic heterocycles. The summed E-state index contributed by atoms with van der Waals surface area (Å²) >= 11 is 0. The highest BCUT2D eigenvalue weighted by molar-refractivity contribution is 6.20. The summed E-state index contributed by atoms with van der Waals surface area (Å²) in [5, 5.41) is 7.38. The topological polar surface area (TPSA) is 111 Å². The fraction of sp³-hybridized carbons (Fsp3) is 0.304. The van der Waals surface area contributed by atoms with E-state index in [1.165, 1.54) is 6.92 Å². The Morgan fingerprint density at radius 3 is 2.44 bits per heavy atom. The molecule has 32 heavy (non-hydrogen) atoms. The molecule has 2 fully saturated rings. The summed E-state index contributed by atoms with van der Waals surface area (Å²) < 4.78 is 0. The van der Waals surface area contributed by atoms with Gasteiger partial charge < -0.3 is 15.1 Å². The lowest BCUT2D eigenvalue weighted by Crippen LogP contribution is -2.74. The number of amides is 5. The highest BCUT2D eigenvalue weighted by atomic mass is 16.2. The summed E-state index contributed by atoms with van der Waals surface area (Å²) in [5.41, 5.74) is 1.85. The molecule has 1 unspecified atom stereocenters. The fourth-order valence-electron chi connectivity index (χ4n) is 5.10. The summed E-state index contributed by atoms with van der Waals surface area (Å²) in [7, 11) is 0. The quantitative estimate of drug-likeness (QED) is 0.615. The molecule has 3 N–H and O–H groups in total. The molecule has 1 spiro atoms. The predicted octanol–water partition coefficient (Wildman–Crippen LogP) is 1.25. The third kappa shape index (κ3) is 3.08. The summed E-state index contributed by atoms with van der Waals surface area (Å²) in [4.78, 5) is 54.1. The molecule has 2 aromatic carbocycles. The molecule has 2 saturated heterocycles. The number of hydrogen-bond donors (Lipinski definition) is 3. The summed E-state index contributed by atoms with van der Waals surface area (Å²) in [6.07, 6.45) is 0.129. The van der Waals surface area contributed by atoms with E-state index in [-0.39, 0.29) is 12.3 Å². The van der Waals surface area contributed by atoms with Crippen LogP contribution in [0.4, 0.5) is 21.9 Å². The second-order valence-corrected chi connectivity index (χ2v) is 8.40. The highest BCUT2D eigenvalue weighted by Gasteiger charge is 2.60. The van der Waals surface area contributed by atoms with Crippen LogP contribution in [0.15, 0.2) is 48.5 Å². The first kappa shape index (κ1) is 20.0. The zero-order valence-electron chi connectivity index (χ0n) is 17.6. The molecule has 9 nitrogen and oxygen atoms in total. The molecule has 0 radical (unpaired) electrons. The third-order valence-corrected chi connectivity index (χ3v) is 6.51. The van der Waals surface area contributed by atoms with Crippen molar-refractivity contribution in [3.63, 3.8) is 0 Å². The number of benzene rings is 2. The lowest BCUT2D eigenvalue weighted by molar-refractivity contribution is -0.146. The van der Waals surface area contributed by atoms with Gasteiger partial charge in [-0.3, -0.25) is 25.0 Å². The van der Waals surface area contributed by atoms with Gasteiger partial charge in [0.1, 0.15) is 0 Å². The first-order valence-electron chi connectivity index (χ1n) is 10.5. The van der Waals surface area contributed by atoms with Gasteiger partial charge in [-0.1, -0.05) is 18.2 Å². The number of anilines is 3. The Balaban J connectivity index is 1.60. The number of carbonyl (C=O) groups is 4. The molecule has 0 saturated carbocycles. The molecule has 1 atom stereocenters. The number of fused-ring (bicyclic) bond motifs is 4. The molecular formula is C23H23N5O4. The van der Waals surface area contributed by atoms with Crippen LogP contribution in [0.5, 0.6) is 0 Å². The Hall–Kier alpha value is -3.88. The van der Waals surface area contributed by atoms with Crippen LogP contribution in [-0.4, -0.2) is 49.4 Å². The van der Waals surface area contributed by atoms with Gasteiger partial charge in [-0.2, -0.15) is 0 Å². The van der Waals surface area contributed by atoms with Crippen LogP contribution < -0.4 is 25.8 Å². The van der Waals surface area contributed by atoms with E-state index in [1.54, 1.807) is 6.07 Å². The summed E-state index contributed by atoms with van der Waals surface area (Å²) in [5.74, 6) is -1.39. The normalized spacial score (nSPS) is 21.4. The average molecular weight is 433 g/mol. The van der Waals surface area contributed by atoms with E-state index in [1.807, 2.05) is 42.5 Å². The molecule has 0 aliphatic carbocycles. The Kier molecular flexibility index (Phi) is 4.61. The number of rotatable bonds is 2. The number of para-hydroxylation sites is 1. The maximum absolute atomic E-state index is 13.3. The monoisotopic (exact) mass is 433 g/mol. The van der Waals surface area contributed by atoms with Crippen molar-refractivity contribution in [3.8, 4) is 0 Å². The van der Waals surface area contributed by atoms with Gasteiger partial charge in [0.15, 0.2) is 5.41 Å². The van der Waals surface area contributed by atoms with Gasteiger partial charge in [0.05, 0.1) is 6.04 Å². The maximum atomic E-state index is 13.3.